The third kappa shape index (κ3) is 2.20. The molecule has 0 aromatic rings. The first-order valence-electron chi connectivity index (χ1n) is 9.89. The smallest absolute Gasteiger partial charge is 0.142 e. The number of allylic oxidation sites excluding steroid dienone is 2. The summed E-state index contributed by atoms with van der Waals surface area (Å²) in [7, 11) is 0. The van der Waals surface area contributed by atoms with Crippen molar-refractivity contribution in [2.75, 3.05) is 0 Å². The maximum atomic E-state index is 11.0. The lowest BCUT2D eigenvalue weighted by molar-refractivity contribution is -0.156. The number of hydrogen-bond acceptors (Lipinski definition) is 3. The molecule has 3 heteroatoms. The molecular formula is C21H32O3. The number of fused-ring (bicyclic) bond motifs is 5. The highest BCUT2D eigenvalue weighted by molar-refractivity contribution is 5.66. The van der Waals surface area contributed by atoms with E-state index in [0.29, 0.717) is 23.7 Å². The molecule has 0 aromatic carbocycles. The number of aliphatic hydroxyl groups is 2. The van der Waals surface area contributed by atoms with Crippen LogP contribution in [0.3, 0.4) is 0 Å². The summed E-state index contributed by atoms with van der Waals surface area (Å²) in [4.78, 5) is 10.9. The van der Waals surface area contributed by atoms with E-state index < -0.39 is 0 Å². The SMILES string of the molecule is C[C@]12CC/C(=C/C=O)C[C@@H]1[C@@H](O)C[C@@H]1[C@@H]2CC[C@]2(C)[C@@H](O)CC[C@@H]12. The van der Waals surface area contributed by atoms with E-state index in [4.69, 9.17) is 0 Å². The molecule has 8 atom stereocenters. The highest BCUT2D eigenvalue weighted by Crippen LogP contribution is 2.66. The third-order valence-corrected chi connectivity index (χ3v) is 8.83. The Bertz CT molecular complexity index is 555. The Morgan fingerprint density at radius 1 is 1.00 bits per heavy atom. The molecule has 134 valence electrons. The van der Waals surface area contributed by atoms with Gasteiger partial charge < -0.3 is 10.2 Å². The highest BCUT2D eigenvalue weighted by atomic mass is 16.3. The fourth-order valence-electron chi connectivity index (χ4n) is 7.37. The van der Waals surface area contributed by atoms with Crippen molar-refractivity contribution in [2.45, 2.75) is 77.4 Å². The summed E-state index contributed by atoms with van der Waals surface area (Å²) in [5, 5.41) is 21.5. The molecule has 4 aliphatic carbocycles. The van der Waals surface area contributed by atoms with Crippen molar-refractivity contribution in [3.05, 3.63) is 11.6 Å². The van der Waals surface area contributed by atoms with Gasteiger partial charge in [-0.25, -0.2) is 0 Å². The summed E-state index contributed by atoms with van der Waals surface area (Å²) in [6, 6.07) is 0. The van der Waals surface area contributed by atoms with Gasteiger partial charge in [0.1, 0.15) is 6.29 Å². The molecule has 0 spiro atoms. The average molecular weight is 332 g/mol. The molecule has 0 radical (unpaired) electrons. The Labute approximate surface area is 145 Å². The predicted octanol–water partition coefficient (Wildman–Crippen LogP) is 3.49. The minimum Gasteiger partial charge on any atom is -0.393 e. The molecule has 2 N–H and O–H groups in total. The summed E-state index contributed by atoms with van der Waals surface area (Å²) >= 11 is 0. The minimum absolute atomic E-state index is 0.0708. The fourth-order valence-corrected chi connectivity index (χ4v) is 7.37. The maximum Gasteiger partial charge on any atom is 0.142 e. The van der Waals surface area contributed by atoms with Gasteiger partial charge in [-0.2, -0.15) is 0 Å². The van der Waals surface area contributed by atoms with E-state index >= 15 is 0 Å². The number of hydrogen-bond donors (Lipinski definition) is 2. The van der Waals surface area contributed by atoms with Gasteiger partial charge in [-0.05, 0) is 91.9 Å². The highest BCUT2D eigenvalue weighted by Gasteiger charge is 2.61. The van der Waals surface area contributed by atoms with Crippen molar-refractivity contribution >= 4 is 6.29 Å². The lowest BCUT2D eigenvalue weighted by Gasteiger charge is -2.61. The molecule has 0 bridgehead atoms. The van der Waals surface area contributed by atoms with Crippen LogP contribution in [-0.2, 0) is 4.79 Å². The first kappa shape index (κ1) is 16.8. The van der Waals surface area contributed by atoms with Gasteiger partial charge in [-0.3, -0.25) is 4.79 Å². The Balaban J connectivity index is 1.64. The Morgan fingerprint density at radius 3 is 2.50 bits per heavy atom. The van der Waals surface area contributed by atoms with Gasteiger partial charge in [0.15, 0.2) is 0 Å². The van der Waals surface area contributed by atoms with E-state index in [1.54, 1.807) is 6.08 Å². The average Bonchev–Trinajstić information content (AvgIpc) is 2.85. The number of carbonyl (C=O) groups is 1. The van der Waals surface area contributed by atoms with E-state index in [-0.39, 0.29) is 23.0 Å². The van der Waals surface area contributed by atoms with Crippen molar-refractivity contribution in [2.24, 2.45) is 34.5 Å². The molecule has 4 saturated carbocycles. The van der Waals surface area contributed by atoms with Gasteiger partial charge in [0.25, 0.3) is 0 Å². The summed E-state index contributed by atoms with van der Waals surface area (Å²) in [5.41, 5.74) is 1.49. The van der Waals surface area contributed by atoms with E-state index in [9.17, 15) is 15.0 Å². The predicted molar refractivity (Wildman–Crippen MR) is 93.3 cm³/mol. The quantitative estimate of drug-likeness (QED) is 0.571. The summed E-state index contributed by atoms with van der Waals surface area (Å²) in [5.74, 6) is 2.11. The Kier molecular flexibility index (Phi) is 3.96. The number of carbonyl (C=O) groups excluding carboxylic acids is 1. The van der Waals surface area contributed by atoms with Gasteiger partial charge in [-0.1, -0.05) is 19.4 Å². The molecule has 3 nitrogen and oxygen atoms in total. The molecule has 0 unspecified atom stereocenters. The molecule has 4 rings (SSSR count). The van der Waals surface area contributed by atoms with Gasteiger partial charge >= 0.3 is 0 Å². The summed E-state index contributed by atoms with van der Waals surface area (Å²) in [6.45, 7) is 4.70. The molecule has 0 aliphatic heterocycles. The van der Waals surface area contributed by atoms with Crippen molar-refractivity contribution in [3.8, 4) is 0 Å². The molecular weight excluding hydrogens is 300 g/mol. The lowest BCUT2D eigenvalue weighted by atomic mass is 9.44. The van der Waals surface area contributed by atoms with Crippen LogP contribution < -0.4 is 0 Å². The zero-order valence-electron chi connectivity index (χ0n) is 15.1. The molecule has 0 heterocycles. The summed E-state index contributed by atoms with van der Waals surface area (Å²) < 4.78 is 0. The number of aliphatic hydroxyl groups excluding tert-OH is 2. The molecule has 0 aromatic heterocycles. The Morgan fingerprint density at radius 2 is 1.75 bits per heavy atom. The largest absolute Gasteiger partial charge is 0.393 e. The van der Waals surface area contributed by atoms with Crippen LogP contribution in [0.5, 0.6) is 0 Å². The molecule has 0 saturated heterocycles. The van der Waals surface area contributed by atoms with E-state index in [1.807, 2.05) is 0 Å². The zero-order chi connectivity index (χ0) is 17.1. The van der Waals surface area contributed by atoms with Crippen LogP contribution in [0.2, 0.25) is 0 Å². The van der Waals surface area contributed by atoms with E-state index in [1.165, 1.54) is 12.0 Å². The standard InChI is InChI=1S/C21H32O3/c1-20-8-5-13(7-10-22)11-17(20)18(23)12-14-15-3-4-19(24)21(15,2)9-6-16(14)20/h7,10,14-19,23-24H,3-6,8-9,11-12H2,1-2H3/b13-7-/t14-,15-,16-,17+,18-,19-,20+,21-/m0/s1. The number of aldehydes is 1. The van der Waals surface area contributed by atoms with E-state index in [2.05, 4.69) is 13.8 Å². The van der Waals surface area contributed by atoms with Crippen LogP contribution in [0.15, 0.2) is 11.6 Å². The summed E-state index contributed by atoms with van der Waals surface area (Å²) in [6.07, 6.45) is 10.5. The molecule has 4 aliphatic rings. The monoisotopic (exact) mass is 332 g/mol. The van der Waals surface area contributed by atoms with Crippen molar-refractivity contribution in [1.29, 1.82) is 0 Å². The first-order chi connectivity index (χ1) is 11.4. The van der Waals surface area contributed by atoms with Crippen LogP contribution in [0.1, 0.15) is 65.2 Å². The fraction of sp³-hybridized carbons (Fsp3) is 0.857. The molecule has 0 amide bonds. The van der Waals surface area contributed by atoms with Crippen molar-refractivity contribution < 1.29 is 15.0 Å². The van der Waals surface area contributed by atoms with Crippen molar-refractivity contribution in [1.82, 2.24) is 0 Å². The second-order valence-corrected chi connectivity index (χ2v) is 9.59. The van der Waals surface area contributed by atoms with Crippen LogP contribution >= 0.6 is 0 Å². The van der Waals surface area contributed by atoms with Gasteiger partial charge in [0, 0.05) is 0 Å². The van der Waals surface area contributed by atoms with Crippen LogP contribution in [0, 0.1) is 34.5 Å². The van der Waals surface area contributed by atoms with Gasteiger partial charge in [0.05, 0.1) is 12.2 Å². The number of rotatable bonds is 1. The second kappa shape index (κ2) is 5.67. The lowest BCUT2D eigenvalue weighted by Crippen LogP contribution is -2.57. The third-order valence-electron chi connectivity index (χ3n) is 8.83. The minimum atomic E-state index is -0.258. The van der Waals surface area contributed by atoms with Crippen LogP contribution in [0.4, 0.5) is 0 Å². The Hall–Kier alpha value is -0.670. The van der Waals surface area contributed by atoms with Gasteiger partial charge in [0.2, 0.25) is 0 Å². The zero-order valence-corrected chi connectivity index (χ0v) is 15.1. The van der Waals surface area contributed by atoms with E-state index in [0.717, 1.165) is 51.2 Å². The normalized spacial score (nSPS) is 55.6. The van der Waals surface area contributed by atoms with Crippen molar-refractivity contribution in [3.63, 3.8) is 0 Å². The maximum absolute atomic E-state index is 11.0. The second-order valence-electron chi connectivity index (χ2n) is 9.59. The topological polar surface area (TPSA) is 57.5 Å². The van der Waals surface area contributed by atoms with Crippen LogP contribution in [-0.4, -0.2) is 28.7 Å². The first-order valence-corrected chi connectivity index (χ1v) is 9.89. The van der Waals surface area contributed by atoms with Crippen LogP contribution in [0.25, 0.3) is 0 Å². The van der Waals surface area contributed by atoms with Gasteiger partial charge in [-0.15, -0.1) is 0 Å². The molecule has 4 fully saturated rings. The molecule has 24 heavy (non-hydrogen) atoms.